The third-order valence-corrected chi connectivity index (χ3v) is 2.13. The van der Waals surface area contributed by atoms with Gasteiger partial charge in [-0.3, -0.25) is 10.1 Å². The number of aliphatic hydroxyl groups is 1. The predicted octanol–water partition coefficient (Wildman–Crippen LogP) is 2.60. The molecule has 0 saturated carbocycles. The number of nitrogens with zero attached hydrogens (tertiary/aromatic N) is 1. The Morgan fingerprint density at radius 3 is 2.76 bits per heavy atom. The maximum absolute atomic E-state index is 10.6. The summed E-state index contributed by atoms with van der Waals surface area (Å²) >= 11 is 0. The molecular weight excluding hydrogens is 222 g/mol. The summed E-state index contributed by atoms with van der Waals surface area (Å²) in [6, 6.07) is 4.15. The number of rotatable bonds is 5. The van der Waals surface area contributed by atoms with Crippen LogP contribution < -0.4 is 4.74 Å². The molecule has 0 aliphatic heterocycles. The molecule has 17 heavy (non-hydrogen) atoms. The number of benzene rings is 1. The molecule has 1 rings (SSSR count). The highest BCUT2D eigenvalue weighted by Crippen LogP contribution is 2.29. The van der Waals surface area contributed by atoms with Gasteiger partial charge in [0.05, 0.1) is 11.0 Å². The summed E-state index contributed by atoms with van der Waals surface area (Å²) in [6.45, 7) is 7.36. The number of non-ortho nitro benzene ring substituents is 1. The first kappa shape index (κ1) is 13.2. The van der Waals surface area contributed by atoms with Crippen LogP contribution in [0.1, 0.15) is 25.5 Å². The number of hydrogen-bond donors (Lipinski definition) is 1. The molecule has 0 aliphatic carbocycles. The second kappa shape index (κ2) is 5.45. The van der Waals surface area contributed by atoms with E-state index in [9.17, 15) is 15.2 Å². The summed E-state index contributed by atoms with van der Waals surface area (Å²) in [4.78, 5) is 10.1. The van der Waals surface area contributed by atoms with Crippen molar-refractivity contribution in [1.29, 1.82) is 0 Å². The van der Waals surface area contributed by atoms with E-state index in [2.05, 4.69) is 6.58 Å². The minimum absolute atomic E-state index is 0.0661. The molecule has 1 aromatic rings. The van der Waals surface area contributed by atoms with Crippen molar-refractivity contribution < 1.29 is 14.8 Å². The molecule has 92 valence electrons. The molecule has 0 radical (unpaired) electrons. The molecule has 1 atom stereocenters. The van der Waals surface area contributed by atoms with Gasteiger partial charge in [0.2, 0.25) is 0 Å². The van der Waals surface area contributed by atoms with Gasteiger partial charge >= 0.3 is 0 Å². The Morgan fingerprint density at radius 2 is 2.29 bits per heavy atom. The molecule has 0 spiro atoms. The molecule has 0 amide bonds. The number of hydrogen-bond acceptors (Lipinski definition) is 4. The lowest BCUT2D eigenvalue weighted by molar-refractivity contribution is -0.385. The lowest BCUT2D eigenvalue weighted by Crippen LogP contribution is -2.03. The molecule has 5 heteroatoms. The average molecular weight is 237 g/mol. The van der Waals surface area contributed by atoms with E-state index in [0.29, 0.717) is 17.9 Å². The summed E-state index contributed by atoms with van der Waals surface area (Å²) in [6.07, 6.45) is -0.824. The molecule has 0 aliphatic rings. The molecule has 1 aromatic carbocycles. The molecule has 0 fully saturated rings. The van der Waals surface area contributed by atoms with E-state index < -0.39 is 11.0 Å². The van der Waals surface area contributed by atoms with Crippen LogP contribution in [0.3, 0.4) is 0 Å². The quantitative estimate of drug-likeness (QED) is 0.485. The van der Waals surface area contributed by atoms with Crippen molar-refractivity contribution in [2.24, 2.45) is 0 Å². The van der Waals surface area contributed by atoms with Gasteiger partial charge in [0.15, 0.2) is 0 Å². The Morgan fingerprint density at radius 1 is 1.65 bits per heavy atom. The van der Waals surface area contributed by atoms with Crippen LogP contribution in [0.25, 0.3) is 0 Å². The van der Waals surface area contributed by atoms with E-state index in [-0.39, 0.29) is 5.69 Å². The smallest absolute Gasteiger partial charge is 0.270 e. The Labute approximate surface area is 99.5 Å². The first-order valence-corrected chi connectivity index (χ1v) is 5.15. The molecule has 0 aromatic heterocycles. The zero-order valence-corrected chi connectivity index (χ0v) is 9.84. The van der Waals surface area contributed by atoms with E-state index in [1.54, 1.807) is 0 Å². The molecule has 0 saturated heterocycles. The normalized spacial score (nSPS) is 11.9. The summed E-state index contributed by atoms with van der Waals surface area (Å²) < 4.78 is 5.41. The third kappa shape index (κ3) is 3.57. The summed E-state index contributed by atoms with van der Waals surface area (Å²) in [5, 5.41) is 20.2. The Hall–Kier alpha value is -1.88. The maximum Gasteiger partial charge on any atom is 0.270 e. The predicted molar refractivity (Wildman–Crippen MR) is 64.0 cm³/mol. The standard InChI is InChI=1S/C12H15NO4/c1-8(2)7-17-12-5-4-10(13(15)16)6-11(12)9(3)14/h4-6,9,14H,1,7H2,2-3H3. The van der Waals surface area contributed by atoms with Crippen molar-refractivity contribution in [3.05, 3.63) is 46.0 Å². The SMILES string of the molecule is C=C(C)COc1ccc([N+](=O)[O-])cc1C(C)O. The van der Waals surface area contributed by atoms with Gasteiger partial charge in [-0.25, -0.2) is 0 Å². The zero-order chi connectivity index (χ0) is 13.0. The fourth-order valence-electron chi connectivity index (χ4n) is 1.31. The number of aliphatic hydroxyl groups excluding tert-OH is 1. The van der Waals surface area contributed by atoms with E-state index >= 15 is 0 Å². The zero-order valence-electron chi connectivity index (χ0n) is 9.84. The van der Waals surface area contributed by atoms with Crippen molar-refractivity contribution in [1.82, 2.24) is 0 Å². The Kier molecular flexibility index (Phi) is 4.23. The molecule has 1 unspecified atom stereocenters. The van der Waals surface area contributed by atoms with Crippen LogP contribution >= 0.6 is 0 Å². The number of ether oxygens (including phenoxy) is 1. The second-order valence-electron chi connectivity index (χ2n) is 3.90. The lowest BCUT2D eigenvalue weighted by atomic mass is 10.1. The summed E-state index contributed by atoms with van der Waals surface area (Å²) in [5.41, 5.74) is 1.17. The van der Waals surface area contributed by atoms with Gasteiger partial charge in [0.1, 0.15) is 12.4 Å². The minimum atomic E-state index is -0.824. The number of nitro groups is 1. The van der Waals surface area contributed by atoms with Crippen LogP contribution in [-0.4, -0.2) is 16.6 Å². The monoisotopic (exact) mass is 237 g/mol. The van der Waals surface area contributed by atoms with Gasteiger partial charge in [-0.2, -0.15) is 0 Å². The van der Waals surface area contributed by atoms with E-state index in [0.717, 1.165) is 5.57 Å². The van der Waals surface area contributed by atoms with E-state index in [1.807, 2.05) is 6.92 Å². The van der Waals surface area contributed by atoms with Gasteiger partial charge < -0.3 is 9.84 Å². The summed E-state index contributed by atoms with van der Waals surface area (Å²) in [5.74, 6) is 0.439. The van der Waals surface area contributed by atoms with Crippen molar-refractivity contribution in [2.45, 2.75) is 20.0 Å². The van der Waals surface area contributed by atoms with Crippen molar-refractivity contribution in [3.63, 3.8) is 0 Å². The maximum atomic E-state index is 10.6. The Balaban J connectivity index is 3.04. The van der Waals surface area contributed by atoms with Gasteiger partial charge in [-0.15, -0.1) is 0 Å². The van der Waals surface area contributed by atoms with Crippen LogP contribution in [0.4, 0.5) is 5.69 Å². The first-order chi connectivity index (χ1) is 7.91. The average Bonchev–Trinajstić information content (AvgIpc) is 2.25. The highest BCUT2D eigenvalue weighted by molar-refractivity contribution is 5.44. The molecule has 1 N–H and O–H groups in total. The Bertz CT molecular complexity index is 440. The van der Waals surface area contributed by atoms with Gasteiger partial charge in [0.25, 0.3) is 5.69 Å². The molecular formula is C12H15NO4. The minimum Gasteiger partial charge on any atom is -0.489 e. The van der Waals surface area contributed by atoms with Crippen LogP contribution in [-0.2, 0) is 0 Å². The van der Waals surface area contributed by atoms with E-state index in [1.165, 1.54) is 25.1 Å². The second-order valence-corrected chi connectivity index (χ2v) is 3.90. The van der Waals surface area contributed by atoms with Crippen LogP contribution in [0, 0.1) is 10.1 Å². The van der Waals surface area contributed by atoms with Gasteiger partial charge in [0, 0.05) is 17.7 Å². The largest absolute Gasteiger partial charge is 0.489 e. The molecule has 5 nitrogen and oxygen atoms in total. The third-order valence-electron chi connectivity index (χ3n) is 2.13. The lowest BCUT2D eigenvalue weighted by Gasteiger charge is -2.13. The molecule has 0 bridgehead atoms. The summed E-state index contributed by atoms with van der Waals surface area (Å²) in [7, 11) is 0. The highest BCUT2D eigenvalue weighted by atomic mass is 16.6. The fourth-order valence-corrected chi connectivity index (χ4v) is 1.31. The van der Waals surface area contributed by atoms with Crippen LogP contribution in [0.5, 0.6) is 5.75 Å². The first-order valence-electron chi connectivity index (χ1n) is 5.15. The van der Waals surface area contributed by atoms with Crippen LogP contribution in [0.2, 0.25) is 0 Å². The highest BCUT2D eigenvalue weighted by Gasteiger charge is 2.15. The van der Waals surface area contributed by atoms with Crippen molar-refractivity contribution in [2.75, 3.05) is 6.61 Å². The molecule has 0 heterocycles. The van der Waals surface area contributed by atoms with Gasteiger partial charge in [-0.1, -0.05) is 6.58 Å². The van der Waals surface area contributed by atoms with Gasteiger partial charge in [-0.05, 0) is 25.5 Å². The van der Waals surface area contributed by atoms with E-state index in [4.69, 9.17) is 4.74 Å². The number of nitro benzene ring substituents is 1. The topological polar surface area (TPSA) is 72.6 Å². The van der Waals surface area contributed by atoms with Crippen molar-refractivity contribution in [3.8, 4) is 5.75 Å². The van der Waals surface area contributed by atoms with Crippen molar-refractivity contribution >= 4 is 5.69 Å². The van der Waals surface area contributed by atoms with Crippen LogP contribution in [0.15, 0.2) is 30.4 Å². The fraction of sp³-hybridized carbons (Fsp3) is 0.333.